The van der Waals surface area contributed by atoms with E-state index in [-0.39, 0.29) is 11.3 Å². The quantitative estimate of drug-likeness (QED) is 0.570. The zero-order chi connectivity index (χ0) is 10.00. The monoisotopic (exact) mass is 186 g/mol. The largest absolute Gasteiger partial charge is 0.198 e. The smallest absolute Gasteiger partial charge is 0.0699 e. The van der Waals surface area contributed by atoms with Gasteiger partial charge in [0.25, 0.3) is 0 Å². The molecule has 0 aromatic heterocycles. The van der Waals surface area contributed by atoms with Gasteiger partial charge in [-0.3, -0.25) is 0 Å². The molecule has 5 fully saturated rings. The third-order valence-corrected chi connectivity index (χ3v) is 6.31. The van der Waals surface area contributed by atoms with Gasteiger partial charge in [-0.15, -0.1) is 0 Å². The summed E-state index contributed by atoms with van der Waals surface area (Å²) in [5.41, 5.74) is -0.111. The molecular formula is C13H15N. The summed E-state index contributed by atoms with van der Waals surface area (Å²) in [6.07, 6.45) is 5.58. The molecule has 0 aliphatic heterocycles. The fourth-order valence-electron chi connectivity index (χ4n) is 6.13. The maximum Gasteiger partial charge on any atom is 0.0699 e. The minimum Gasteiger partial charge on any atom is -0.198 e. The predicted octanol–water partition coefficient (Wildman–Crippen LogP) is 2.44. The van der Waals surface area contributed by atoms with Crippen molar-refractivity contribution in [1.82, 2.24) is 0 Å². The van der Waals surface area contributed by atoms with Crippen molar-refractivity contribution >= 4 is 0 Å². The van der Waals surface area contributed by atoms with Crippen molar-refractivity contribution < 1.29 is 1.37 Å². The Hall–Kier alpha value is -0.510. The molecule has 5 rings (SSSR count). The zero-order valence-electron chi connectivity index (χ0n) is 9.24. The van der Waals surface area contributed by atoms with Crippen molar-refractivity contribution in [2.75, 3.05) is 0 Å². The highest BCUT2D eigenvalue weighted by molar-refractivity contribution is 5.48. The predicted molar refractivity (Wildman–Crippen MR) is 50.9 cm³/mol. The Morgan fingerprint density at radius 2 is 1.86 bits per heavy atom. The van der Waals surface area contributed by atoms with Crippen molar-refractivity contribution in [2.24, 2.45) is 46.8 Å². The summed E-state index contributed by atoms with van der Waals surface area (Å²) in [5.74, 6) is 4.21. The van der Waals surface area contributed by atoms with Crippen LogP contribution in [0.4, 0.5) is 0 Å². The van der Waals surface area contributed by atoms with Crippen molar-refractivity contribution in [1.29, 1.82) is 5.26 Å². The number of nitriles is 1. The summed E-state index contributed by atoms with van der Waals surface area (Å²) in [7, 11) is 0. The molecule has 0 aromatic carbocycles. The van der Waals surface area contributed by atoms with Crippen LogP contribution in [-0.2, 0) is 0 Å². The standard InChI is InChI=1S/C13H15N/c14-5-13-10-8-6-3-1-2-4-7(6)9(10)12(13)11(8)13/h6-12H,1-4H2/i11D. The van der Waals surface area contributed by atoms with Crippen molar-refractivity contribution in [2.45, 2.75) is 25.7 Å². The first kappa shape index (κ1) is 6.16. The van der Waals surface area contributed by atoms with Gasteiger partial charge in [0, 0.05) is 1.37 Å². The molecule has 14 heavy (non-hydrogen) atoms. The summed E-state index contributed by atoms with van der Waals surface area (Å²) in [6, 6.07) is 2.51. The molecule has 5 aliphatic rings. The van der Waals surface area contributed by atoms with Gasteiger partial charge in [0.1, 0.15) is 0 Å². The molecule has 5 aliphatic carbocycles. The molecule has 0 bridgehead atoms. The van der Waals surface area contributed by atoms with Gasteiger partial charge < -0.3 is 0 Å². The lowest BCUT2D eigenvalue weighted by molar-refractivity contribution is 0.0438. The molecule has 5 saturated carbocycles. The van der Waals surface area contributed by atoms with Crippen LogP contribution in [0, 0.1) is 58.1 Å². The lowest BCUT2D eigenvalue weighted by Gasteiger charge is -2.43. The number of nitrogens with zero attached hydrogens (tertiary/aromatic N) is 1. The van der Waals surface area contributed by atoms with E-state index in [9.17, 15) is 5.26 Å². The lowest BCUT2D eigenvalue weighted by atomic mass is 9.58. The van der Waals surface area contributed by atoms with Crippen LogP contribution in [0.1, 0.15) is 27.1 Å². The molecule has 8 unspecified atom stereocenters. The molecule has 8 atom stereocenters. The van der Waals surface area contributed by atoms with Crippen molar-refractivity contribution in [3.05, 3.63) is 0 Å². The summed E-state index contributed by atoms with van der Waals surface area (Å²) in [5, 5.41) is 9.28. The topological polar surface area (TPSA) is 23.8 Å². The maximum atomic E-state index is 9.28. The highest BCUT2D eigenvalue weighted by Crippen LogP contribution is 2.97. The minimum atomic E-state index is -0.240. The second kappa shape index (κ2) is 1.66. The molecule has 1 heteroatoms. The average molecular weight is 186 g/mol. The summed E-state index contributed by atoms with van der Waals surface area (Å²) in [6.45, 7) is 0. The van der Waals surface area contributed by atoms with Crippen molar-refractivity contribution in [3.63, 3.8) is 0 Å². The Kier molecular flexibility index (Phi) is 0.731. The van der Waals surface area contributed by atoms with Crippen LogP contribution in [0.3, 0.4) is 0 Å². The zero-order valence-corrected chi connectivity index (χ0v) is 8.24. The molecule has 0 aromatic rings. The van der Waals surface area contributed by atoms with Crippen LogP contribution in [0.15, 0.2) is 0 Å². The highest BCUT2D eigenvalue weighted by atomic mass is 15.0. The van der Waals surface area contributed by atoms with E-state index in [1.807, 2.05) is 0 Å². The van der Waals surface area contributed by atoms with Gasteiger partial charge in [-0.05, 0) is 54.2 Å². The molecule has 0 amide bonds. The van der Waals surface area contributed by atoms with Crippen LogP contribution in [0.5, 0.6) is 0 Å². The summed E-state index contributed by atoms with van der Waals surface area (Å²) >= 11 is 0. The third kappa shape index (κ3) is 0.383. The van der Waals surface area contributed by atoms with E-state index in [4.69, 9.17) is 1.37 Å². The van der Waals surface area contributed by atoms with E-state index in [1.165, 1.54) is 25.7 Å². The Labute approximate surface area is 85.9 Å². The molecule has 0 N–H and O–H groups in total. The number of hydrogen-bond acceptors (Lipinski definition) is 1. The molecule has 0 spiro atoms. The van der Waals surface area contributed by atoms with E-state index in [0.717, 1.165) is 17.8 Å². The fourth-order valence-corrected chi connectivity index (χ4v) is 6.13. The van der Waals surface area contributed by atoms with E-state index in [1.54, 1.807) is 0 Å². The Morgan fingerprint density at radius 3 is 2.57 bits per heavy atom. The number of hydrogen-bond donors (Lipinski definition) is 0. The van der Waals surface area contributed by atoms with E-state index < -0.39 is 0 Å². The van der Waals surface area contributed by atoms with E-state index in [2.05, 4.69) is 6.07 Å². The first-order chi connectivity index (χ1) is 7.28. The van der Waals surface area contributed by atoms with Gasteiger partial charge in [0.2, 0.25) is 0 Å². The van der Waals surface area contributed by atoms with Crippen LogP contribution in [0.25, 0.3) is 0 Å². The Balaban J connectivity index is 1.63. The fraction of sp³-hybridized carbons (Fsp3) is 0.923. The van der Waals surface area contributed by atoms with Crippen LogP contribution in [-0.4, -0.2) is 0 Å². The van der Waals surface area contributed by atoms with Gasteiger partial charge in [-0.1, -0.05) is 12.8 Å². The average Bonchev–Trinajstić information content (AvgIpc) is 2.52. The second-order valence-electron chi connectivity index (χ2n) is 6.15. The lowest BCUT2D eigenvalue weighted by Crippen LogP contribution is -2.43. The van der Waals surface area contributed by atoms with Gasteiger partial charge in [0.05, 0.1) is 11.5 Å². The Bertz CT molecular complexity index is 427. The molecule has 72 valence electrons. The van der Waals surface area contributed by atoms with E-state index in [0.29, 0.717) is 17.8 Å². The van der Waals surface area contributed by atoms with Crippen LogP contribution < -0.4 is 0 Å². The van der Waals surface area contributed by atoms with Gasteiger partial charge >= 0.3 is 0 Å². The SMILES string of the molecule is [2H]C12C3C4CCCCC4C4C3C1(C#N)C42. The van der Waals surface area contributed by atoms with E-state index >= 15 is 0 Å². The molecular weight excluding hydrogens is 170 g/mol. The van der Waals surface area contributed by atoms with Crippen LogP contribution >= 0.6 is 0 Å². The minimum absolute atomic E-state index is 0.111. The van der Waals surface area contributed by atoms with Gasteiger partial charge in [-0.2, -0.15) is 5.26 Å². The third-order valence-electron chi connectivity index (χ3n) is 6.31. The normalized spacial score (nSPS) is 81.2. The summed E-state index contributed by atoms with van der Waals surface area (Å²) < 4.78 is 8.53. The van der Waals surface area contributed by atoms with Gasteiger partial charge in [0.15, 0.2) is 0 Å². The Morgan fingerprint density at radius 1 is 1.14 bits per heavy atom. The molecule has 0 radical (unpaired) electrons. The van der Waals surface area contributed by atoms with Gasteiger partial charge in [-0.25, -0.2) is 0 Å². The molecule has 1 nitrogen and oxygen atoms in total. The first-order valence-electron chi connectivity index (χ1n) is 6.69. The highest BCUT2D eigenvalue weighted by Gasteiger charge is 2.97. The second-order valence-corrected chi connectivity index (χ2v) is 6.15. The first-order valence-corrected chi connectivity index (χ1v) is 6.19. The number of rotatable bonds is 0. The number of fused-ring (bicyclic) bond motifs is 6. The van der Waals surface area contributed by atoms with Crippen LogP contribution in [0.2, 0.25) is 0 Å². The molecule has 0 heterocycles. The van der Waals surface area contributed by atoms with Crippen molar-refractivity contribution in [3.8, 4) is 6.07 Å². The molecule has 0 saturated heterocycles. The maximum absolute atomic E-state index is 9.28. The summed E-state index contributed by atoms with van der Waals surface area (Å²) in [4.78, 5) is 0.